The van der Waals surface area contributed by atoms with Crippen LogP contribution in [0.15, 0.2) is 0 Å². The van der Waals surface area contributed by atoms with E-state index in [0.29, 0.717) is 11.3 Å². The zero-order valence-electron chi connectivity index (χ0n) is 23.8. The van der Waals surface area contributed by atoms with Crippen LogP contribution >= 0.6 is 0 Å². The highest BCUT2D eigenvalue weighted by Crippen LogP contribution is 2.39. The molecular weight excluding hydrogens is 376 g/mol. The van der Waals surface area contributed by atoms with E-state index in [1.165, 1.54) is 64.2 Å². The van der Waals surface area contributed by atoms with Crippen molar-refractivity contribution in [1.29, 1.82) is 0 Å². The molecule has 0 aliphatic carbocycles. The van der Waals surface area contributed by atoms with Crippen molar-refractivity contribution < 1.29 is 4.74 Å². The molecule has 1 heteroatoms. The highest BCUT2D eigenvalue weighted by molar-refractivity contribution is 4.82. The molecule has 0 bridgehead atoms. The summed E-state index contributed by atoms with van der Waals surface area (Å²) in [6, 6.07) is 0. The molecule has 0 radical (unpaired) electrons. The standard InChI is InChI=1S/C30H62O/c1-12-16-25(6)18-19-28(14-3)17-15-21-30(11,20-13-2)31-23-22-29(9,10)27(8)26(7)24(4)5/h24-28H,12-23H2,1-11H3. The van der Waals surface area contributed by atoms with Gasteiger partial charge in [0.15, 0.2) is 0 Å². The summed E-state index contributed by atoms with van der Waals surface area (Å²) in [5.41, 5.74) is 0.394. The smallest absolute Gasteiger partial charge is 0.0654 e. The molecule has 1 nitrogen and oxygen atoms in total. The van der Waals surface area contributed by atoms with Crippen LogP contribution in [0.3, 0.4) is 0 Å². The molecule has 0 spiro atoms. The lowest BCUT2D eigenvalue weighted by Gasteiger charge is -2.39. The first kappa shape index (κ1) is 31.0. The van der Waals surface area contributed by atoms with Crippen LogP contribution in [-0.4, -0.2) is 12.2 Å². The molecule has 0 heterocycles. The van der Waals surface area contributed by atoms with Gasteiger partial charge >= 0.3 is 0 Å². The fourth-order valence-electron chi connectivity index (χ4n) is 5.35. The minimum atomic E-state index is 0.0610. The van der Waals surface area contributed by atoms with Crippen molar-refractivity contribution in [3.05, 3.63) is 0 Å². The Hall–Kier alpha value is -0.0400. The molecular formula is C30H62O. The number of rotatable bonds is 19. The van der Waals surface area contributed by atoms with Crippen LogP contribution in [0.4, 0.5) is 0 Å². The van der Waals surface area contributed by atoms with Gasteiger partial charge in [0.25, 0.3) is 0 Å². The van der Waals surface area contributed by atoms with Crippen molar-refractivity contribution in [1.82, 2.24) is 0 Å². The van der Waals surface area contributed by atoms with Crippen LogP contribution in [0.1, 0.15) is 147 Å². The number of hydrogen-bond donors (Lipinski definition) is 0. The van der Waals surface area contributed by atoms with Gasteiger partial charge in [0.1, 0.15) is 0 Å². The first-order chi connectivity index (χ1) is 14.4. The average Bonchev–Trinajstić information content (AvgIpc) is 2.69. The number of hydrogen-bond acceptors (Lipinski definition) is 1. The summed E-state index contributed by atoms with van der Waals surface area (Å²) in [6.45, 7) is 27.2. The van der Waals surface area contributed by atoms with E-state index in [4.69, 9.17) is 4.74 Å². The molecule has 0 aromatic carbocycles. The van der Waals surface area contributed by atoms with Gasteiger partial charge in [0.2, 0.25) is 0 Å². The van der Waals surface area contributed by atoms with E-state index in [1.807, 2.05) is 0 Å². The highest BCUT2D eigenvalue weighted by Gasteiger charge is 2.32. The van der Waals surface area contributed by atoms with Gasteiger partial charge in [0, 0.05) is 6.61 Å². The van der Waals surface area contributed by atoms with Crippen LogP contribution in [0.2, 0.25) is 0 Å². The topological polar surface area (TPSA) is 9.23 Å². The molecule has 0 aromatic rings. The molecule has 0 rings (SSSR count). The molecule has 0 saturated carbocycles. The minimum absolute atomic E-state index is 0.0610. The quantitative estimate of drug-likeness (QED) is 0.195. The third kappa shape index (κ3) is 12.7. The van der Waals surface area contributed by atoms with E-state index in [0.717, 1.165) is 36.7 Å². The van der Waals surface area contributed by atoms with E-state index in [1.54, 1.807) is 0 Å². The second-order valence-electron chi connectivity index (χ2n) is 12.3. The predicted octanol–water partition coefficient (Wildman–Crippen LogP) is 10.3. The lowest BCUT2D eigenvalue weighted by molar-refractivity contribution is -0.0615. The molecule has 0 amide bonds. The number of ether oxygens (including phenoxy) is 1. The normalized spacial score (nSPS) is 18.6. The Labute approximate surface area is 198 Å². The second kappa shape index (κ2) is 15.7. The fourth-order valence-corrected chi connectivity index (χ4v) is 5.35. The van der Waals surface area contributed by atoms with Gasteiger partial charge in [-0.2, -0.15) is 0 Å². The molecule has 31 heavy (non-hydrogen) atoms. The van der Waals surface area contributed by atoms with Gasteiger partial charge in [-0.1, -0.05) is 121 Å². The molecule has 0 aromatic heterocycles. The van der Waals surface area contributed by atoms with Crippen molar-refractivity contribution in [3.8, 4) is 0 Å². The predicted molar refractivity (Wildman–Crippen MR) is 142 cm³/mol. The summed E-state index contributed by atoms with van der Waals surface area (Å²) in [5.74, 6) is 4.02. The Bertz CT molecular complexity index is 426. The molecule has 188 valence electrons. The van der Waals surface area contributed by atoms with E-state index < -0.39 is 0 Å². The van der Waals surface area contributed by atoms with Gasteiger partial charge in [-0.3, -0.25) is 0 Å². The largest absolute Gasteiger partial charge is 0.375 e. The summed E-state index contributed by atoms with van der Waals surface area (Å²) >= 11 is 0. The molecule has 0 N–H and O–H groups in total. The molecule has 0 aliphatic rings. The molecule has 0 aliphatic heterocycles. The first-order valence-corrected chi connectivity index (χ1v) is 14.1. The Balaban J connectivity index is 4.59. The van der Waals surface area contributed by atoms with Crippen LogP contribution in [-0.2, 0) is 4.74 Å². The van der Waals surface area contributed by atoms with Gasteiger partial charge in [-0.05, 0) is 61.2 Å². The average molecular weight is 439 g/mol. The molecule has 0 saturated heterocycles. The minimum Gasteiger partial charge on any atom is -0.375 e. The second-order valence-corrected chi connectivity index (χ2v) is 12.3. The first-order valence-electron chi connectivity index (χ1n) is 14.1. The Morgan fingerprint density at radius 3 is 1.87 bits per heavy atom. The lowest BCUT2D eigenvalue weighted by Crippen LogP contribution is -2.34. The van der Waals surface area contributed by atoms with Crippen LogP contribution in [0.25, 0.3) is 0 Å². The van der Waals surface area contributed by atoms with Crippen molar-refractivity contribution in [2.24, 2.45) is 35.0 Å². The van der Waals surface area contributed by atoms with Gasteiger partial charge < -0.3 is 4.74 Å². The maximum Gasteiger partial charge on any atom is 0.0654 e. The summed E-state index contributed by atoms with van der Waals surface area (Å²) in [4.78, 5) is 0. The van der Waals surface area contributed by atoms with Crippen molar-refractivity contribution >= 4 is 0 Å². The van der Waals surface area contributed by atoms with Gasteiger partial charge in [-0.15, -0.1) is 0 Å². The fraction of sp³-hybridized carbons (Fsp3) is 1.00. The van der Waals surface area contributed by atoms with E-state index >= 15 is 0 Å². The summed E-state index contributed by atoms with van der Waals surface area (Å²) in [6.07, 6.45) is 14.4. The summed E-state index contributed by atoms with van der Waals surface area (Å²) < 4.78 is 6.64. The van der Waals surface area contributed by atoms with Crippen molar-refractivity contribution in [2.45, 2.75) is 152 Å². The zero-order chi connectivity index (χ0) is 24.1. The molecule has 0 fully saturated rings. The summed E-state index contributed by atoms with van der Waals surface area (Å²) in [7, 11) is 0. The third-order valence-corrected chi connectivity index (χ3v) is 8.79. The van der Waals surface area contributed by atoms with Crippen LogP contribution < -0.4 is 0 Å². The zero-order valence-corrected chi connectivity index (χ0v) is 23.8. The SMILES string of the molecule is CCCC(C)CCC(CC)CCCC(C)(CCC)OCCC(C)(C)C(C)C(C)C(C)C. The maximum atomic E-state index is 6.64. The monoisotopic (exact) mass is 438 g/mol. The van der Waals surface area contributed by atoms with Gasteiger partial charge in [0.05, 0.1) is 5.60 Å². The Morgan fingerprint density at radius 2 is 1.35 bits per heavy atom. The van der Waals surface area contributed by atoms with Crippen LogP contribution in [0.5, 0.6) is 0 Å². The maximum absolute atomic E-state index is 6.64. The van der Waals surface area contributed by atoms with Crippen molar-refractivity contribution in [3.63, 3.8) is 0 Å². The van der Waals surface area contributed by atoms with Crippen molar-refractivity contribution in [2.75, 3.05) is 6.61 Å². The van der Waals surface area contributed by atoms with E-state index in [9.17, 15) is 0 Å². The van der Waals surface area contributed by atoms with E-state index in [-0.39, 0.29) is 5.60 Å². The van der Waals surface area contributed by atoms with Crippen LogP contribution in [0, 0.1) is 35.0 Å². The Kier molecular flexibility index (Phi) is 15.7. The van der Waals surface area contributed by atoms with E-state index in [2.05, 4.69) is 76.2 Å². The third-order valence-electron chi connectivity index (χ3n) is 8.79. The highest BCUT2D eigenvalue weighted by atomic mass is 16.5. The molecule has 5 atom stereocenters. The molecule has 5 unspecified atom stereocenters. The van der Waals surface area contributed by atoms with Gasteiger partial charge in [-0.25, -0.2) is 0 Å². The Morgan fingerprint density at radius 1 is 0.710 bits per heavy atom. The lowest BCUT2D eigenvalue weighted by atomic mass is 9.68. The summed E-state index contributed by atoms with van der Waals surface area (Å²) in [5, 5.41) is 0.